The number of nitro benzene ring substituents is 1. The normalized spacial score (nSPS) is 16.4. The summed E-state index contributed by atoms with van der Waals surface area (Å²) in [5.74, 6) is 0. The van der Waals surface area contributed by atoms with Gasteiger partial charge in [0, 0.05) is 36.4 Å². The van der Waals surface area contributed by atoms with E-state index in [4.69, 9.17) is 0 Å². The summed E-state index contributed by atoms with van der Waals surface area (Å²) in [6.07, 6.45) is 7.93. The van der Waals surface area contributed by atoms with E-state index in [0.717, 1.165) is 18.8 Å². The maximum Gasteiger partial charge on any atom is 0.274 e. The minimum Gasteiger partial charge on any atom is -0.383 e. The maximum absolute atomic E-state index is 10.9. The Hall–Kier alpha value is -1.62. The van der Waals surface area contributed by atoms with Crippen molar-refractivity contribution < 1.29 is 4.92 Å². The fraction of sp³-hybridized carbons (Fsp3) is 0.625. The van der Waals surface area contributed by atoms with E-state index in [0.29, 0.717) is 11.6 Å². The van der Waals surface area contributed by atoms with Gasteiger partial charge in [-0.2, -0.15) is 0 Å². The summed E-state index contributed by atoms with van der Waals surface area (Å²) in [6.45, 7) is 3.48. The Morgan fingerprint density at radius 2 is 1.90 bits per heavy atom. The van der Waals surface area contributed by atoms with Gasteiger partial charge in [-0.15, -0.1) is 0 Å². The second kappa shape index (κ2) is 7.98. The summed E-state index contributed by atoms with van der Waals surface area (Å²) in [6, 6.07) is 5.81. The molecule has 5 nitrogen and oxygen atoms in total. The first kappa shape index (κ1) is 15.8. The van der Waals surface area contributed by atoms with Crippen LogP contribution in [0.25, 0.3) is 0 Å². The smallest absolute Gasteiger partial charge is 0.274 e. The molecule has 0 radical (unpaired) electrons. The van der Waals surface area contributed by atoms with Crippen LogP contribution < -0.4 is 10.6 Å². The molecule has 0 aliphatic heterocycles. The highest BCUT2D eigenvalue weighted by atomic mass is 16.6. The van der Waals surface area contributed by atoms with Gasteiger partial charge in [-0.3, -0.25) is 10.1 Å². The van der Waals surface area contributed by atoms with Crippen LogP contribution in [0.2, 0.25) is 0 Å². The van der Waals surface area contributed by atoms with Crippen molar-refractivity contribution in [2.24, 2.45) is 0 Å². The molecular formula is C16H25N3O2. The topological polar surface area (TPSA) is 67.2 Å². The van der Waals surface area contributed by atoms with E-state index in [1.807, 2.05) is 6.07 Å². The van der Waals surface area contributed by atoms with Gasteiger partial charge in [0.25, 0.3) is 5.69 Å². The highest BCUT2D eigenvalue weighted by Gasteiger charge is 2.13. The molecule has 1 aromatic carbocycles. The summed E-state index contributed by atoms with van der Waals surface area (Å²) in [7, 11) is 0. The zero-order chi connectivity index (χ0) is 15.1. The lowest BCUT2D eigenvalue weighted by atomic mass is 10.1. The maximum atomic E-state index is 10.9. The summed E-state index contributed by atoms with van der Waals surface area (Å²) in [4.78, 5) is 10.6. The van der Waals surface area contributed by atoms with Crippen LogP contribution in [0, 0.1) is 17.0 Å². The highest BCUT2D eigenvalue weighted by molar-refractivity contribution is 5.59. The number of nitro groups is 1. The van der Waals surface area contributed by atoms with Crippen molar-refractivity contribution in [1.29, 1.82) is 0 Å². The largest absolute Gasteiger partial charge is 0.383 e. The van der Waals surface area contributed by atoms with Crippen molar-refractivity contribution in [2.45, 2.75) is 51.5 Å². The molecule has 1 aliphatic rings. The molecule has 1 aromatic rings. The first-order valence-corrected chi connectivity index (χ1v) is 7.90. The van der Waals surface area contributed by atoms with Crippen LogP contribution in [0.1, 0.15) is 44.1 Å². The van der Waals surface area contributed by atoms with Crippen molar-refractivity contribution in [1.82, 2.24) is 5.32 Å². The third-order valence-electron chi connectivity index (χ3n) is 4.23. The van der Waals surface area contributed by atoms with Crippen molar-refractivity contribution in [3.8, 4) is 0 Å². The summed E-state index contributed by atoms with van der Waals surface area (Å²) >= 11 is 0. The molecule has 0 saturated heterocycles. The van der Waals surface area contributed by atoms with Gasteiger partial charge in [-0.1, -0.05) is 31.7 Å². The minimum atomic E-state index is -0.329. The molecular weight excluding hydrogens is 266 g/mol. The number of benzene rings is 1. The molecule has 0 bridgehead atoms. The second-order valence-electron chi connectivity index (χ2n) is 5.78. The van der Waals surface area contributed by atoms with Gasteiger partial charge >= 0.3 is 0 Å². The Bertz CT molecular complexity index is 469. The molecule has 1 saturated carbocycles. The lowest BCUT2D eigenvalue weighted by Crippen LogP contribution is -2.32. The SMILES string of the molecule is Cc1c(NCCNC2CCCCCC2)cccc1[N+](=O)[O-]. The Labute approximate surface area is 126 Å². The lowest BCUT2D eigenvalue weighted by Gasteiger charge is -2.17. The van der Waals surface area contributed by atoms with E-state index in [2.05, 4.69) is 10.6 Å². The van der Waals surface area contributed by atoms with Gasteiger partial charge in [0.2, 0.25) is 0 Å². The average Bonchev–Trinajstić information content (AvgIpc) is 2.73. The fourth-order valence-corrected chi connectivity index (χ4v) is 2.97. The number of rotatable bonds is 6. The number of nitrogens with one attached hydrogen (secondary N) is 2. The van der Waals surface area contributed by atoms with E-state index in [1.54, 1.807) is 19.1 Å². The molecule has 0 spiro atoms. The number of hydrogen-bond donors (Lipinski definition) is 2. The molecule has 2 N–H and O–H groups in total. The van der Waals surface area contributed by atoms with Gasteiger partial charge in [-0.25, -0.2) is 0 Å². The highest BCUT2D eigenvalue weighted by Crippen LogP contribution is 2.24. The molecule has 0 heterocycles. The van der Waals surface area contributed by atoms with Gasteiger partial charge in [0.15, 0.2) is 0 Å². The quantitative estimate of drug-likeness (QED) is 0.363. The Morgan fingerprint density at radius 3 is 2.57 bits per heavy atom. The molecule has 21 heavy (non-hydrogen) atoms. The first-order chi connectivity index (χ1) is 10.2. The summed E-state index contributed by atoms with van der Waals surface area (Å²) in [5.41, 5.74) is 1.74. The van der Waals surface area contributed by atoms with Crippen LogP contribution in [0.3, 0.4) is 0 Å². The van der Waals surface area contributed by atoms with Crippen molar-refractivity contribution in [3.05, 3.63) is 33.9 Å². The molecule has 1 aliphatic carbocycles. The summed E-state index contributed by atoms with van der Waals surface area (Å²) < 4.78 is 0. The van der Waals surface area contributed by atoms with Crippen molar-refractivity contribution in [3.63, 3.8) is 0 Å². The molecule has 0 amide bonds. The fourth-order valence-electron chi connectivity index (χ4n) is 2.97. The lowest BCUT2D eigenvalue weighted by molar-refractivity contribution is -0.385. The molecule has 5 heteroatoms. The van der Waals surface area contributed by atoms with E-state index in [1.165, 1.54) is 38.5 Å². The third kappa shape index (κ3) is 4.70. The van der Waals surface area contributed by atoms with Crippen LogP contribution in [-0.4, -0.2) is 24.1 Å². The average molecular weight is 291 g/mol. The van der Waals surface area contributed by atoms with Crippen molar-refractivity contribution in [2.75, 3.05) is 18.4 Å². The Morgan fingerprint density at radius 1 is 1.19 bits per heavy atom. The zero-order valence-electron chi connectivity index (χ0n) is 12.7. The van der Waals surface area contributed by atoms with Crippen LogP contribution in [0.5, 0.6) is 0 Å². The summed E-state index contributed by atoms with van der Waals surface area (Å²) in [5, 5.41) is 17.8. The molecule has 1 fully saturated rings. The Kier molecular flexibility index (Phi) is 5.99. The van der Waals surface area contributed by atoms with Crippen LogP contribution in [0.4, 0.5) is 11.4 Å². The third-order valence-corrected chi connectivity index (χ3v) is 4.23. The molecule has 0 aromatic heterocycles. The van der Waals surface area contributed by atoms with Crippen LogP contribution in [-0.2, 0) is 0 Å². The van der Waals surface area contributed by atoms with Gasteiger partial charge in [0.1, 0.15) is 0 Å². The standard InChI is InChI=1S/C16H25N3O2/c1-13-15(9-6-10-16(13)19(20)21)18-12-11-17-14-7-4-2-3-5-8-14/h6,9-10,14,17-18H,2-5,7-8,11-12H2,1H3. The predicted octanol–water partition coefficient (Wildman–Crippen LogP) is 3.63. The Balaban J connectivity index is 1.78. The molecule has 0 unspecified atom stereocenters. The van der Waals surface area contributed by atoms with Crippen molar-refractivity contribution >= 4 is 11.4 Å². The molecule has 116 valence electrons. The first-order valence-electron chi connectivity index (χ1n) is 7.90. The molecule has 0 atom stereocenters. The number of nitrogens with zero attached hydrogens (tertiary/aromatic N) is 1. The molecule has 2 rings (SSSR count). The van der Waals surface area contributed by atoms with Gasteiger partial charge < -0.3 is 10.6 Å². The van der Waals surface area contributed by atoms with E-state index >= 15 is 0 Å². The zero-order valence-corrected chi connectivity index (χ0v) is 12.7. The minimum absolute atomic E-state index is 0.178. The number of hydrogen-bond acceptors (Lipinski definition) is 4. The van der Waals surface area contributed by atoms with E-state index in [9.17, 15) is 10.1 Å². The number of anilines is 1. The second-order valence-corrected chi connectivity index (χ2v) is 5.78. The van der Waals surface area contributed by atoms with Gasteiger partial charge in [-0.05, 0) is 25.8 Å². The van der Waals surface area contributed by atoms with Gasteiger partial charge in [0.05, 0.1) is 4.92 Å². The van der Waals surface area contributed by atoms with Crippen LogP contribution >= 0.6 is 0 Å². The van der Waals surface area contributed by atoms with Crippen LogP contribution in [0.15, 0.2) is 18.2 Å². The van der Waals surface area contributed by atoms with E-state index in [-0.39, 0.29) is 10.6 Å². The van der Waals surface area contributed by atoms with E-state index < -0.39 is 0 Å². The predicted molar refractivity (Wildman–Crippen MR) is 85.8 cm³/mol. The monoisotopic (exact) mass is 291 g/mol.